The number of allylic oxidation sites excluding steroid dienone is 36. The van der Waals surface area contributed by atoms with Gasteiger partial charge in [-0.05, 0) is 154 Å². The maximum Gasteiger partial charge on any atom is 0.306 e. The smallest absolute Gasteiger partial charge is 0.306 e. The fourth-order valence-electron chi connectivity index (χ4n) is 8.72. The number of rotatable bonds is 60. The van der Waals surface area contributed by atoms with Gasteiger partial charge in [0.1, 0.15) is 6.61 Å². The van der Waals surface area contributed by atoms with E-state index in [9.17, 15) is 14.7 Å². The second-order valence-electron chi connectivity index (χ2n) is 21.8. The summed E-state index contributed by atoms with van der Waals surface area (Å²) in [5, 5.41) is 9.70. The first kappa shape index (κ1) is 80.2. The van der Waals surface area contributed by atoms with Gasteiger partial charge in [-0.15, -0.1) is 0 Å². The number of aliphatic hydroxyl groups is 1. The van der Waals surface area contributed by atoms with Gasteiger partial charge in [0.15, 0.2) is 6.10 Å². The molecule has 0 aromatic carbocycles. The van der Waals surface area contributed by atoms with Gasteiger partial charge >= 0.3 is 11.9 Å². The van der Waals surface area contributed by atoms with Crippen LogP contribution in [0.15, 0.2) is 219 Å². The van der Waals surface area contributed by atoms with E-state index in [2.05, 4.69) is 233 Å². The molecule has 0 bridgehead atoms. The van der Waals surface area contributed by atoms with E-state index in [1.165, 1.54) is 70.6 Å². The Balaban J connectivity index is 3.63. The first-order valence-electron chi connectivity index (χ1n) is 34.3. The van der Waals surface area contributed by atoms with E-state index in [4.69, 9.17) is 9.47 Å². The van der Waals surface area contributed by atoms with E-state index in [0.29, 0.717) is 12.8 Å². The van der Waals surface area contributed by atoms with Crippen molar-refractivity contribution < 1.29 is 24.2 Å². The third-order valence-electron chi connectivity index (χ3n) is 13.8. The minimum Gasteiger partial charge on any atom is -0.462 e. The molecule has 0 aliphatic rings. The third kappa shape index (κ3) is 70.7. The highest BCUT2D eigenvalue weighted by Crippen LogP contribution is 2.14. The monoisotopic (exact) mass is 1180 g/mol. The van der Waals surface area contributed by atoms with Gasteiger partial charge in [0.05, 0.1) is 6.61 Å². The number of carbonyl (C=O) groups is 2. The molecule has 1 N–H and O–H groups in total. The zero-order valence-corrected chi connectivity index (χ0v) is 54.7. The molecule has 0 amide bonds. The molecule has 0 saturated carbocycles. The Morgan fingerprint density at radius 3 is 0.698 bits per heavy atom. The molecule has 0 aromatic heterocycles. The van der Waals surface area contributed by atoms with E-state index < -0.39 is 6.10 Å². The summed E-state index contributed by atoms with van der Waals surface area (Å²) in [4.78, 5) is 24.6. The average molecular weight is 1180 g/mol. The van der Waals surface area contributed by atoms with Crippen molar-refractivity contribution in [2.45, 2.75) is 264 Å². The van der Waals surface area contributed by atoms with E-state index in [1.54, 1.807) is 0 Å². The van der Waals surface area contributed by atoms with Gasteiger partial charge in [-0.25, -0.2) is 0 Å². The van der Waals surface area contributed by atoms with E-state index in [0.717, 1.165) is 161 Å². The van der Waals surface area contributed by atoms with Gasteiger partial charge in [0, 0.05) is 12.8 Å². The summed E-state index contributed by atoms with van der Waals surface area (Å²) >= 11 is 0. The van der Waals surface area contributed by atoms with Crippen molar-refractivity contribution in [3.05, 3.63) is 219 Å². The molecule has 0 saturated heterocycles. The van der Waals surface area contributed by atoms with Crippen LogP contribution in [0.5, 0.6) is 0 Å². The van der Waals surface area contributed by atoms with Crippen LogP contribution in [-0.2, 0) is 19.1 Å². The molecule has 0 aliphatic carbocycles. The highest BCUT2D eigenvalue weighted by Gasteiger charge is 2.16. The summed E-state index contributed by atoms with van der Waals surface area (Å²) in [6.07, 6.45) is 119. The molecule has 0 fully saturated rings. The topological polar surface area (TPSA) is 72.8 Å². The fourth-order valence-corrected chi connectivity index (χ4v) is 8.72. The van der Waals surface area contributed by atoms with E-state index in [-0.39, 0.29) is 25.2 Å². The molecule has 478 valence electrons. The Morgan fingerprint density at radius 2 is 0.465 bits per heavy atom. The summed E-state index contributed by atoms with van der Waals surface area (Å²) in [7, 11) is 0. The summed E-state index contributed by atoms with van der Waals surface area (Å²) in [5.74, 6) is -0.626. The maximum absolute atomic E-state index is 12.4. The Hall–Kier alpha value is -5.78. The van der Waals surface area contributed by atoms with Crippen LogP contribution in [-0.4, -0.2) is 36.4 Å². The molecular formula is C81H124O5. The number of aliphatic hydroxyl groups excluding tert-OH is 1. The zero-order chi connectivity index (χ0) is 61.9. The molecule has 5 nitrogen and oxygen atoms in total. The first-order valence-corrected chi connectivity index (χ1v) is 34.3. The van der Waals surface area contributed by atoms with Crippen molar-refractivity contribution in [1.82, 2.24) is 0 Å². The molecule has 1 atom stereocenters. The molecule has 0 aliphatic heterocycles. The second kappa shape index (κ2) is 73.5. The van der Waals surface area contributed by atoms with Crippen LogP contribution in [0.3, 0.4) is 0 Å². The lowest BCUT2D eigenvalue weighted by atomic mass is 10.0. The normalized spacial score (nSPS) is 13.7. The number of ether oxygens (including phenoxy) is 2. The number of unbranched alkanes of at least 4 members (excludes halogenated alkanes) is 16. The summed E-state index contributed by atoms with van der Waals surface area (Å²) in [6.45, 7) is 3.89. The highest BCUT2D eigenvalue weighted by molar-refractivity contribution is 5.70. The molecule has 1 unspecified atom stereocenters. The Morgan fingerprint density at radius 1 is 0.267 bits per heavy atom. The van der Waals surface area contributed by atoms with E-state index in [1.807, 2.05) is 0 Å². The maximum atomic E-state index is 12.4. The van der Waals surface area contributed by atoms with Gasteiger partial charge in [-0.3, -0.25) is 9.59 Å². The van der Waals surface area contributed by atoms with Crippen LogP contribution in [0.25, 0.3) is 0 Å². The Kier molecular flexibility index (Phi) is 68.5. The van der Waals surface area contributed by atoms with Gasteiger partial charge in [-0.2, -0.15) is 0 Å². The molecule has 0 radical (unpaired) electrons. The molecule has 0 rings (SSSR count). The minimum absolute atomic E-state index is 0.0893. The van der Waals surface area contributed by atoms with Crippen molar-refractivity contribution in [3.8, 4) is 0 Å². The molecule has 0 aromatic rings. The predicted octanol–water partition coefficient (Wildman–Crippen LogP) is 24.3. The largest absolute Gasteiger partial charge is 0.462 e. The molecule has 0 spiro atoms. The molecule has 5 heteroatoms. The summed E-state index contributed by atoms with van der Waals surface area (Å²) < 4.78 is 10.7. The lowest BCUT2D eigenvalue weighted by molar-refractivity contribution is -0.161. The van der Waals surface area contributed by atoms with Gasteiger partial charge in [0.25, 0.3) is 0 Å². The van der Waals surface area contributed by atoms with Crippen LogP contribution in [0.1, 0.15) is 258 Å². The number of carbonyl (C=O) groups excluding carboxylic acids is 2. The van der Waals surface area contributed by atoms with Crippen molar-refractivity contribution in [2.24, 2.45) is 0 Å². The second-order valence-corrected chi connectivity index (χ2v) is 21.8. The van der Waals surface area contributed by atoms with Crippen LogP contribution in [0, 0.1) is 0 Å². The van der Waals surface area contributed by atoms with Crippen LogP contribution in [0.4, 0.5) is 0 Å². The lowest BCUT2D eigenvalue weighted by Crippen LogP contribution is -2.28. The van der Waals surface area contributed by atoms with Crippen LogP contribution in [0.2, 0.25) is 0 Å². The van der Waals surface area contributed by atoms with Crippen LogP contribution < -0.4 is 0 Å². The number of hydrogen-bond donors (Lipinski definition) is 1. The number of hydrogen-bond acceptors (Lipinski definition) is 5. The molecule has 86 heavy (non-hydrogen) atoms. The SMILES string of the molecule is CC/C=C\C/C=C\C/C=C\C/C=C\C/C=C\C/C=C\C/C=C\C/C=C\C/C=C\C/C=C\CCCCCCCCCCCCC(=O)OC(CO)COC(=O)CCCCCCCC/C=C\C/C=C\C/C=C\C/C=C\C/C=C\C/C=C\C/C=C\C/C=C\CC. The zero-order valence-electron chi connectivity index (χ0n) is 54.7. The highest BCUT2D eigenvalue weighted by atomic mass is 16.6. The van der Waals surface area contributed by atoms with E-state index >= 15 is 0 Å². The Labute approximate surface area is 529 Å². The van der Waals surface area contributed by atoms with Crippen molar-refractivity contribution in [3.63, 3.8) is 0 Å². The summed E-state index contributed by atoms with van der Waals surface area (Å²) in [6, 6.07) is 0. The predicted molar refractivity (Wildman–Crippen MR) is 379 cm³/mol. The number of esters is 2. The quantitative estimate of drug-likeness (QED) is 0.0373. The van der Waals surface area contributed by atoms with Gasteiger partial charge in [-0.1, -0.05) is 310 Å². The average Bonchev–Trinajstić information content (AvgIpc) is 3.54. The standard InChI is InChI=1S/C81H124O5/c1-3-5-7-9-11-13-15-17-19-21-23-25-27-29-31-33-35-36-37-38-39-40-41-42-43-44-46-48-50-52-54-56-58-60-62-64-66-68-70-72-74-76-81(84)86-79(77-82)78-85-80(83)75-73-71-69-67-65-63-61-59-57-55-53-51-49-47-45-34-32-30-28-26-24-22-20-18-16-14-12-10-8-6-4-2/h5-8,11-14,17-20,23-26,29-32,35-36,38-39,41-42,44-47,50-53,57,59,79,82H,3-4,9-10,15-16,21-22,27-28,33-34,37,40,43,48-49,54-56,58,60-78H2,1-2H3/b7-5-,8-6-,13-11-,14-12-,19-17-,20-18-,25-23-,26-24-,31-29-,32-30-,36-35-,39-38-,42-41-,46-44-,47-45-,52-50-,53-51-,59-57-. The summed E-state index contributed by atoms with van der Waals surface area (Å²) in [5.41, 5.74) is 0. The molecular weight excluding hydrogens is 1050 g/mol. The Bertz CT molecular complexity index is 2060. The lowest BCUT2D eigenvalue weighted by Gasteiger charge is -2.15. The minimum atomic E-state index is -0.800. The third-order valence-corrected chi connectivity index (χ3v) is 13.8. The van der Waals surface area contributed by atoms with Crippen molar-refractivity contribution in [2.75, 3.05) is 13.2 Å². The molecule has 0 heterocycles. The van der Waals surface area contributed by atoms with Gasteiger partial charge < -0.3 is 14.6 Å². The first-order chi connectivity index (χ1) is 42.6. The van der Waals surface area contributed by atoms with Crippen molar-refractivity contribution in [1.29, 1.82) is 0 Å². The van der Waals surface area contributed by atoms with Gasteiger partial charge in [0.2, 0.25) is 0 Å². The van der Waals surface area contributed by atoms with Crippen LogP contribution >= 0.6 is 0 Å². The fraction of sp³-hybridized carbons (Fsp3) is 0.531. The van der Waals surface area contributed by atoms with Crippen molar-refractivity contribution >= 4 is 11.9 Å².